The molecule has 2 rings (SSSR count). The predicted octanol–water partition coefficient (Wildman–Crippen LogP) is 3.08. The van der Waals surface area contributed by atoms with Crippen molar-refractivity contribution in [2.75, 3.05) is 40.4 Å². The average molecular weight is 477 g/mol. The molecule has 0 aliphatic carbocycles. The van der Waals surface area contributed by atoms with Gasteiger partial charge in [-0.1, -0.05) is 6.92 Å². The largest absolute Gasteiger partial charge is 0.381 e. The van der Waals surface area contributed by atoms with E-state index in [0.717, 1.165) is 50.4 Å². The predicted molar refractivity (Wildman–Crippen MR) is 118 cm³/mol. The molecule has 150 valence electrons. The van der Waals surface area contributed by atoms with Crippen LogP contribution in [0.25, 0.3) is 0 Å². The number of nitrogens with one attached hydrogen (secondary N) is 1. The van der Waals surface area contributed by atoms with Crippen molar-refractivity contribution in [2.45, 2.75) is 46.6 Å². The van der Waals surface area contributed by atoms with Crippen molar-refractivity contribution in [3.8, 4) is 0 Å². The average Bonchev–Trinajstić information content (AvgIpc) is 2.91. The van der Waals surface area contributed by atoms with E-state index in [4.69, 9.17) is 4.74 Å². The van der Waals surface area contributed by atoms with Crippen LogP contribution in [0.5, 0.6) is 0 Å². The van der Waals surface area contributed by atoms with Crippen LogP contribution in [0.15, 0.2) is 11.1 Å². The lowest BCUT2D eigenvalue weighted by molar-refractivity contribution is 0.0625. The lowest BCUT2D eigenvalue weighted by Crippen LogP contribution is -2.42. The highest BCUT2D eigenvalue weighted by molar-refractivity contribution is 14.0. The molecular formula is C19H36IN5O. The maximum atomic E-state index is 5.44. The van der Waals surface area contributed by atoms with Gasteiger partial charge in [-0.15, -0.1) is 24.0 Å². The summed E-state index contributed by atoms with van der Waals surface area (Å²) in [6.45, 7) is 11.1. The van der Waals surface area contributed by atoms with E-state index in [1.807, 2.05) is 14.0 Å². The van der Waals surface area contributed by atoms with Gasteiger partial charge in [-0.25, -0.2) is 0 Å². The molecule has 1 aliphatic heterocycles. The Bertz CT molecular complexity index is 554. The molecule has 0 bridgehead atoms. The number of nitrogens with zero attached hydrogens (tertiary/aromatic N) is 4. The van der Waals surface area contributed by atoms with E-state index in [1.165, 1.54) is 25.0 Å². The van der Waals surface area contributed by atoms with Gasteiger partial charge in [-0.2, -0.15) is 5.10 Å². The first-order chi connectivity index (χ1) is 12.0. The minimum Gasteiger partial charge on any atom is -0.381 e. The van der Waals surface area contributed by atoms with Crippen LogP contribution in [0.4, 0.5) is 0 Å². The van der Waals surface area contributed by atoms with Crippen molar-refractivity contribution < 1.29 is 4.74 Å². The second-order valence-corrected chi connectivity index (χ2v) is 7.41. The summed E-state index contributed by atoms with van der Waals surface area (Å²) in [5, 5.41) is 8.07. The summed E-state index contributed by atoms with van der Waals surface area (Å²) >= 11 is 0. The molecule has 0 amide bonds. The normalized spacial score (nSPS) is 16.9. The molecular weight excluding hydrogens is 441 g/mol. The van der Waals surface area contributed by atoms with Gasteiger partial charge >= 0.3 is 0 Å². The first-order valence-corrected chi connectivity index (χ1v) is 9.50. The van der Waals surface area contributed by atoms with Crippen molar-refractivity contribution in [3.63, 3.8) is 0 Å². The Morgan fingerprint density at radius 2 is 2.12 bits per heavy atom. The maximum Gasteiger partial charge on any atom is 0.193 e. The Balaban J connectivity index is 0.00000338. The zero-order chi connectivity index (χ0) is 18.2. The monoisotopic (exact) mass is 477 g/mol. The standard InChI is InChI=1S/C19H35N5O.HI/c1-15(14-24-17(3)12-16(2)22-24)13-21-19(20-4)23(5)9-6-18-7-10-25-11-8-18;/h12,15,18H,6-11,13-14H2,1-5H3,(H,20,21);1H. The Morgan fingerprint density at radius 1 is 1.42 bits per heavy atom. The third-order valence-corrected chi connectivity index (χ3v) is 4.98. The molecule has 26 heavy (non-hydrogen) atoms. The molecule has 0 saturated carbocycles. The maximum absolute atomic E-state index is 5.44. The summed E-state index contributed by atoms with van der Waals surface area (Å²) in [6, 6.07) is 2.13. The summed E-state index contributed by atoms with van der Waals surface area (Å²) in [5.74, 6) is 2.25. The second kappa shape index (κ2) is 11.8. The summed E-state index contributed by atoms with van der Waals surface area (Å²) < 4.78 is 7.54. The molecule has 1 saturated heterocycles. The van der Waals surface area contributed by atoms with Gasteiger partial charge in [-0.3, -0.25) is 9.67 Å². The van der Waals surface area contributed by atoms with Crippen LogP contribution in [-0.4, -0.2) is 61.0 Å². The number of guanidine groups is 1. The highest BCUT2D eigenvalue weighted by atomic mass is 127. The van der Waals surface area contributed by atoms with Crippen LogP contribution in [-0.2, 0) is 11.3 Å². The van der Waals surface area contributed by atoms with Gasteiger partial charge in [0.1, 0.15) is 0 Å². The topological polar surface area (TPSA) is 54.7 Å². The molecule has 1 aliphatic rings. The van der Waals surface area contributed by atoms with Crippen LogP contribution < -0.4 is 5.32 Å². The van der Waals surface area contributed by atoms with Crippen molar-refractivity contribution >= 4 is 29.9 Å². The zero-order valence-electron chi connectivity index (χ0n) is 17.0. The van der Waals surface area contributed by atoms with E-state index < -0.39 is 0 Å². The van der Waals surface area contributed by atoms with Gasteiger partial charge in [0.2, 0.25) is 0 Å². The molecule has 1 fully saturated rings. The molecule has 6 nitrogen and oxygen atoms in total. The number of hydrogen-bond acceptors (Lipinski definition) is 3. The lowest BCUT2D eigenvalue weighted by Gasteiger charge is -2.27. The SMILES string of the molecule is CN=C(NCC(C)Cn1nc(C)cc1C)N(C)CCC1CCOCC1.I. The van der Waals surface area contributed by atoms with Crippen LogP contribution in [0.2, 0.25) is 0 Å². The number of aliphatic imine (C=N–C) groups is 1. The van der Waals surface area contributed by atoms with Crippen molar-refractivity contribution in [1.29, 1.82) is 0 Å². The van der Waals surface area contributed by atoms with Crippen LogP contribution in [0.3, 0.4) is 0 Å². The van der Waals surface area contributed by atoms with E-state index in [9.17, 15) is 0 Å². The number of aromatic nitrogens is 2. The molecule has 1 aromatic rings. The van der Waals surface area contributed by atoms with Crippen LogP contribution in [0, 0.1) is 25.7 Å². The Labute approximate surface area is 175 Å². The third kappa shape index (κ3) is 7.42. The fourth-order valence-electron chi connectivity index (χ4n) is 3.39. The summed E-state index contributed by atoms with van der Waals surface area (Å²) in [7, 11) is 3.99. The molecule has 2 heterocycles. The quantitative estimate of drug-likeness (QED) is 0.373. The summed E-state index contributed by atoms with van der Waals surface area (Å²) in [4.78, 5) is 6.68. The fourth-order valence-corrected chi connectivity index (χ4v) is 3.39. The molecule has 0 radical (unpaired) electrons. The molecule has 1 aromatic heterocycles. The Hall–Kier alpha value is -0.830. The minimum atomic E-state index is 0. The van der Waals surface area contributed by atoms with E-state index in [1.54, 1.807) is 0 Å². The van der Waals surface area contributed by atoms with Crippen molar-refractivity contribution in [1.82, 2.24) is 20.0 Å². The summed E-state index contributed by atoms with van der Waals surface area (Å²) in [6.07, 6.45) is 3.60. The number of halogens is 1. The van der Waals surface area contributed by atoms with Gasteiger partial charge in [0.05, 0.1) is 5.69 Å². The molecule has 1 unspecified atom stereocenters. The molecule has 1 N–H and O–H groups in total. The van der Waals surface area contributed by atoms with Gasteiger partial charge in [0.25, 0.3) is 0 Å². The van der Waals surface area contributed by atoms with E-state index in [2.05, 4.69) is 52.0 Å². The van der Waals surface area contributed by atoms with Crippen molar-refractivity contribution in [2.24, 2.45) is 16.8 Å². The van der Waals surface area contributed by atoms with Gasteiger partial charge in [0.15, 0.2) is 5.96 Å². The molecule has 0 aromatic carbocycles. The highest BCUT2D eigenvalue weighted by Crippen LogP contribution is 2.18. The molecule has 0 spiro atoms. The highest BCUT2D eigenvalue weighted by Gasteiger charge is 2.16. The Kier molecular flexibility index (Phi) is 10.5. The number of aryl methyl sites for hydroxylation is 2. The minimum absolute atomic E-state index is 0. The summed E-state index contributed by atoms with van der Waals surface area (Å²) in [5.41, 5.74) is 2.31. The fraction of sp³-hybridized carbons (Fsp3) is 0.789. The zero-order valence-corrected chi connectivity index (χ0v) is 19.3. The van der Waals surface area contributed by atoms with Crippen LogP contribution >= 0.6 is 24.0 Å². The molecule has 1 atom stereocenters. The molecule has 7 heteroatoms. The second-order valence-electron chi connectivity index (χ2n) is 7.41. The Morgan fingerprint density at radius 3 is 2.69 bits per heavy atom. The van der Waals surface area contributed by atoms with E-state index >= 15 is 0 Å². The first kappa shape index (κ1) is 23.2. The van der Waals surface area contributed by atoms with E-state index in [-0.39, 0.29) is 24.0 Å². The number of rotatable bonds is 7. The number of hydrogen-bond donors (Lipinski definition) is 1. The van der Waals surface area contributed by atoms with Gasteiger partial charge in [-0.05, 0) is 51.0 Å². The van der Waals surface area contributed by atoms with E-state index in [0.29, 0.717) is 5.92 Å². The lowest BCUT2D eigenvalue weighted by atomic mass is 9.96. The van der Waals surface area contributed by atoms with Gasteiger partial charge < -0.3 is 15.0 Å². The smallest absolute Gasteiger partial charge is 0.193 e. The number of ether oxygens (including phenoxy) is 1. The van der Waals surface area contributed by atoms with Gasteiger partial charge in [0, 0.05) is 52.6 Å². The van der Waals surface area contributed by atoms with Crippen molar-refractivity contribution in [3.05, 3.63) is 17.5 Å². The van der Waals surface area contributed by atoms with Crippen LogP contribution in [0.1, 0.15) is 37.6 Å². The first-order valence-electron chi connectivity index (χ1n) is 9.50. The third-order valence-electron chi connectivity index (χ3n) is 4.98.